The molecule has 0 saturated carbocycles. The van der Waals surface area contributed by atoms with Gasteiger partial charge in [0.25, 0.3) is 0 Å². The fourth-order valence-corrected chi connectivity index (χ4v) is 4.94. The van der Waals surface area contributed by atoms with Crippen molar-refractivity contribution in [2.75, 3.05) is 13.2 Å². The summed E-state index contributed by atoms with van der Waals surface area (Å²) < 4.78 is 28.5. The summed E-state index contributed by atoms with van der Waals surface area (Å²) in [4.78, 5) is 0. The van der Waals surface area contributed by atoms with Gasteiger partial charge in [0.1, 0.15) is 66.5 Å². The van der Waals surface area contributed by atoms with Crippen LogP contribution in [0.2, 0.25) is 0 Å². The Kier molecular flexibility index (Phi) is 8.87. The van der Waals surface area contributed by atoms with Crippen molar-refractivity contribution in [1.82, 2.24) is 0 Å². The van der Waals surface area contributed by atoms with Crippen molar-refractivity contribution in [2.24, 2.45) is 0 Å². The molecule has 0 aromatic heterocycles. The number of hydrogen-bond acceptors (Lipinski definition) is 16. The van der Waals surface area contributed by atoms with Gasteiger partial charge in [0.15, 0.2) is 23.0 Å². The first-order chi connectivity index (χ1) is 20.4. The maximum Gasteiger partial charge on any atom is 0.229 e. The average molecular weight is 613 g/mol. The van der Waals surface area contributed by atoms with Crippen LogP contribution in [0.3, 0.4) is 0 Å². The van der Waals surface area contributed by atoms with Crippen LogP contribution in [0.4, 0.5) is 0 Å². The number of phenolic OH excluding ortho intramolecular Hbond substituents is 2. The van der Waals surface area contributed by atoms with Crippen molar-refractivity contribution < 1.29 is 79.9 Å². The molecule has 3 aliphatic heterocycles. The summed E-state index contributed by atoms with van der Waals surface area (Å²) in [5.41, 5.74) is 0.269. The number of aliphatic hydroxyl groups is 9. The molecule has 0 amide bonds. The molecule has 11 atom stereocenters. The molecular formula is C27H32O16. The second-order valence-electron chi connectivity index (χ2n) is 10.3. The molecule has 0 spiro atoms. The molecule has 0 radical (unpaired) electrons. The molecule has 1 aromatic carbocycles. The Morgan fingerprint density at radius 1 is 0.674 bits per heavy atom. The number of benzene rings is 1. The summed E-state index contributed by atoms with van der Waals surface area (Å²) in [5.74, 6) is -1.81. The number of hydrogen-bond donors (Lipinski definition) is 11. The van der Waals surface area contributed by atoms with E-state index in [1.807, 2.05) is 0 Å². The number of fused-ring (bicyclic) bond motifs is 1. The van der Waals surface area contributed by atoms with E-state index >= 15 is 0 Å². The molecule has 1 unspecified atom stereocenters. The van der Waals surface area contributed by atoms with E-state index in [9.17, 15) is 56.2 Å². The first kappa shape index (κ1) is 31.0. The second-order valence-corrected chi connectivity index (χ2v) is 10.3. The van der Waals surface area contributed by atoms with E-state index in [4.69, 9.17) is 23.7 Å². The molecule has 2 fully saturated rings. The van der Waals surface area contributed by atoms with Crippen LogP contribution in [0, 0.1) is 0 Å². The molecule has 236 valence electrons. The topological polar surface area (TPSA) is 269 Å². The zero-order valence-corrected chi connectivity index (χ0v) is 22.2. The molecule has 5 rings (SSSR count). The highest BCUT2D eigenvalue weighted by molar-refractivity contribution is 5.70. The minimum atomic E-state index is -1.81. The highest BCUT2D eigenvalue weighted by atomic mass is 16.7. The van der Waals surface area contributed by atoms with Gasteiger partial charge < -0.3 is 79.9 Å². The zero-order chi connectivity index (χ0) is 31.2. The molecule has 43 heavy (non-hydrogen) atoms. The molecule has 4 aliphatic rings. The van der Waals surface area contributed by atoms with Gasteiger partial charge in [-0.3, -0.25) is 0 Å². The molecule has 16 nitrogen and oxygen atoms in total. The van der Waals surface area contributed by atoms with Gasteiger partial charge in [-0.05, 0) is 24.3 Å². The first-order valence-electron chi connectivity index (χ1n) is 13.2. The van der Waals surface area contributed by atoms with Crippen LogP contribution in [-0.4, -0.2) is 137 Å². The van der Waals surface area contributed by atoms with E-state index in [-0.39, 0.29) is 34.2 Å². The van der Waals surface area contributed by atoms with Crippen molar-refractivity contribution in [1.29, 1.82) is 0 Å². The zero-order valence-electron chi connectivity index (χ0n) is 22.2. The highest BCUT2D eigenvalue weighted by Gasteiger charge is 2.47. The Bertz CT molecular complexity index is 1320. The Balaban J connectivity index is 1.53. The lowest BCUT2D eigenvalue weighted by Gasteiger charge is -2.41. The lowest BCUT2D eigenvalue weighted by molar-refractivity contribution is -0.291. The summed E-state index contributed by atoms with van der Waals surface area (Å²) >= 11 is 0. The SMILES string of the molecule is OC[C@H]1O[C@@H](OC2=CC(O)=CC3OC(c4ccc(O)c(O)c4)=C(O[C@@H]4O[C@H](CO)[C@@H](O)[C@H](O)[C@H]4O)C=C23)[C@H](O)[C@@H](O)[C@@H]1O. The van der Waals surface area contributed by atoms with E-state index in [2.05, 4.69) is 0 Å². The van der Waals surface area contributed by atoms with Gasteiger partial charge in [-0.1, -0.05) is 0 Å². The standard InChI is InChI=1S/C27H32O16/c28-7-17-19(33)21(35)23(37)26(42-17)40-15-5-10(30)4-14-11(15)6-16(25(39-14)9-1-2-12(31)13(32)3-9)41-27-24(38)22(36)20(34)18(8-29)43-27/h1-6,14,17-24,26-38H,7-8H2/t14?,17-,18-,19-,20-,21+,22+,23-,24-,26-,27-/m1/s1. The Morgan fingerprint density at radius 3 is 1.81 bits per heavy atom. The number of allylic oxidation sites excluding steroid dienone is 2. The van der Waals surface area contributed by atoms with Gasteiger partial charge in [-0.2, -0.15) is 0 Å². The summed E-state index contributed by atoms with van der Waals surface area (Å²) in [7, 11) is 0. The third-order valence-corrected chi connectivity index (χ3v) is 7.37. The number of aliphatic hydroxyl groups excluding tert-OH is 9. The quantitative estimate of drug-likeness (QED) is 0.138. The van der Waals surface area contributed by atoms with E-state index in [1.54, 1.807) is 0 Å². The number of aromatic hydroxyl groups is 2. The second kappa shape index (κ2) is 12.3. The predicted octanol–water partition coefficient (Wildman–Crippen LogP) is -2.94. The normalized spacial score (nSPS) is 37.9. The van der Waals surface area contributed by atoms with Crippen molar-refractivity contribution in [3.63, 3.8) is 0 Å². The lowest BCUT2D eigenvalue weighted by atomic mass is 9.96. The smallest absolute Gasteiger partial charge is 0.229 e. The van der Waals surface area contributed by atoms with Gasteiger partial charge in [-0.15, -0.1) is 0 Å². The molecule has 2 saturated heterocycles. The fourth-order valence-electron chi connectivity index (χ4n) is 4.94. The van der Waals surface area contributed by atoms with Crippen LogP contribution in [0.25, 0.3) is 5.76 Å². The van der Waals surface area contributed by atoms with Crippen molar-refractivity contribution in [2.45, 2.75) is 67.5 Å². The van der Waals surface area contributed by atoms with Crippen molar-refractivity contribution in [3.8, 4) is 11.5 Å². The third kappa shape index (κ3) is 5.89. The van der Waals surface area contributed by atoms with Crippen LogP contribution in [0.1, 0.15) is 5.56 Å². The minimum Gasteiger partial charge on any atom is -0.508 e. The van der Waals surface area contributed by atoms with Gasteiger partial charge in [0.2, 0.25) is 12.6 Å². The number of phenols is 2. The van der Waals surface area contributed by atoms with Gasteiger partial charge in [0.05, 0.1) is 13.2 Å². The molecule has 16 heteroatoms. The molecular weight excluding hydrogens is 580 g/mol. The maximum absolute atomic E-state index is 10.6. The first-order valence-corrected chi connectivity index (χ1v) is 13.2. The molecule has 0 bridgehead atoms. The molecule has 3 heterocycles. The molecule has 11 N–H and O–H groups in total. The summed E-state index contributed by atoms with van der Waals surface area (Å²) in [5, 5.41) is 111. The fraction of sp³-hybridized carbons (Fsp3) is 0.481. The van der Waals surface area contributed by atoms with Crippen molar-refractivity contribution in [3.05, 3.63) is 64.8 Å². The monoisotopic (exact) mass is 612 g/mol. The minimum absolute atomic E-state index is 0.112. The Labute approximate surface area is 243 Å². The van der Waals surface area contributed by atoms with Crippen LogP contribution in [0.15, 0.2) is 59.3 Å². The van der Waals surface area contributed by atoms with E-state index < -0.39 is 92.2 Å². The van der Waals surface area contributed by atoms with Crippen LogP contribution in [-0.2, 0) is 23.7 Å². The van der Waals surface area contributed by atoms with E-state index in [1.165, 1.54) is 18.2 Å². The van der Waals surface area contributed by atoms with Crippen LogP contribution in [0.5, 0.6) is 11.5 Å². The van der Waals surface area contributed by atoms with Crippen LogP contribution >= 0.6 is 0 Å². The Hall–Kier alpha value is -3.42. The third-order valence-electron chi connectivity index (χ3n) is 7.37. The predicted molar refractivity (Wildman–Crippen MR) is 138 cm³/mol. The molecule has 1 aliphatic carbocycles. The maximum atomic E-state index is 10.6. The number of rotatable bonds is 7. The average Bonchev–Trinajstić information content (AvgIpc) is 2.98. The van der Waals surface area contributed by atoms with E-state index in [0.717, 1.165) is 18.2 Å². The molecule has 1 aromatic rings. The lowest BCUT2D eigenvalue weighted by Crippen LogP contribution is -2.59. The van der Waals surface area contributed by atoms with E-state index in [0.29, 0.717) is 0 Å². The largest absolute Gasteiger partial charge is 0.508 e. The van der Waals surface area contributed by atoms with Gasteiger partial charge >= 0.3 is 0 Å². The number of ether oxygens (including phenoxy) is 5. The van der Waals surface area contributed by atoms with Gasteiger partial charge in [0, 0.05) is 23.3 Å². The summed E-state index contributed by atoms with van der Waals surface area (Å²) in [6.45, 7) is -1.45. The Morgan fingerprint density at radius 2 is 1.26 bits per heavy atom. The summed E-state index contributed by atoms with van der Waals surface area (Å²) in [6, 6.07) is 3.65. The summed E-state index contributed by atoms with van der Waals surface area (Å²) in [6.07, 6.45) is -13.8. The van der Waals surface area contributed by atoms with Gasteiger partial charge in [-0.25, -0.2) is 0 Å². The highest BCUT2D eigenvalue weighted by Crippen LogP contribution is 2.41. The van der Waals surface area contributed by atoms with Crippen molar-refractivity contribution >= 4 is 5.76 Å². The van der Waals surface area contributed by atoms with Crippen LogP contribution < -0.4 is 0 Å².